The van der Waals surface area contributed by atoms with Crippen molar-refractivity contribution in [1.29, 1.82) is 0 Å². The van der Waals surface area contributed by atoms with Crippen molar-refractivity contribution in [1.82, 2.24) is 0 Å². The molecule has 0 bridgehead atoms. The highest BCUT2D eigenvalue weighted by molar-refractivity contribution is 6.00. The van der Waals surface area contributed by atoms with Gasteiger partial charge in [0.05, 0.1) is 12.3 Å². The molecule has 1 aromatic rings. The van der Waals surface area contributed by atoms with Crippen LogP contribution in [-0.2, 0) is 0 Å². The lowest BCUT2D eigenvalue weighted by Crippen LogP contribution is -2.13. The summed E-state index contributed by atoms with van der Waals surface area (Å²) in [4.78, 5) is 0. The Kier molecular flexibility index (Phi) is 4.90. The van der Waals surface area contributed by atoms with Gasteiger partial charge in [-0.3, -0.25) is 0 Å². The maximum absolute atomic E-state index is 13.1. The molecule has 0 amide bonds. The molecule has 1 unspecified atom stereocenters. The monoisotopic (exact) mass is 241 g/mol. The van der Waals surface area contributed by atoms with Gasteiger partial charge in [-0.1, -0.05) is 12.1 Å². The van der Waals surface area contributed by atoms with E-state index in [2.05, 4.69) is 5.16 Å². The number of oxime groups is 1. The maximum atomic E-state index is 13.1. The number of nitrogens with zero attached hydrogens (tertiary/aromatic N) is 1. The third-order valence-electron chi connectivity index (χ3n) is 2.32. The minimum atomic E-state index is -0.425. The molecule has 0 aromatic heterocycles. The smallest absolute Gasteiger partial charge is 0.128 e. The van der Waals surface area contributed by atoms with Crippen LogP contribution < -0.4 is 4.74 Å². The van der Waals surface area contributed by atoms with E-state index < -0.39 is 5.82 Å². The van der Waals surface area contributed by atoms with Crippen LogP contribution >= 0.6 is 0 Å². The number of halogens is 1. The van der Waals surface area contributed by atoms with Gasteiger partial charge in [-0.15, -0.1) is 0 Å². The first-order chi connectivity index (χ1) is 8.08. The van der Waals surface area contributed by atoms with E-state index in [4.69, 9.17) is 15.1 Å². The van der Waals surface area contributed by atoms with Crippen molar-refractivity contribution in [3.8, 4) is 5.75 Å². The van der Waals surface area contributed by atoms with Crippen LogP contribution in [0.3, 0.4) is 0 Å². The molecule has 94 valence electrons. The number of aliphatic hydroxyl groups is 1. The quantitative estimate of drug-likeness (QED) is 0.471. The third kappa shape index (κ3) is 3.71. The summed E-state index contributed by atoms with van der Waals surface area (Å²) in [5.74, 6) is -0.00756. The van der Waals surface area contributed by atoms with Gasteiger partial charge in [0.1, 0.15) is 11.6 Å². The SMILES string of the molecule is C/C(=N\O)c1cc(F)ccc1OCC(C)CO. The zero-order valence-corrected chi connectivity index (χ0v) is 9.85. The Hall–Kier alpha value is -1.62. The van der Waals surface area contributed by atoms with Crippen LogP contribution in [0.25, 0.3) is 0 Å². The summed E-state index contributed by atoms with van der Waals surface area (Å²) in [6.07, 6.45) is 0. The number of aliphatic hydroxyl groups excluding tert-OH is 1. The first-order valence-electron chi connectivity index (χ1n) is 5.30. The second kappa shape index (κ2) is 6.20. The van der Waals surface area contributed by atoms with Gasteiger partial charge in [0.2, 0.25) is 0 Å². The van der Waals surface area contributed by atoms with Crippen molar-refractivity contribution >= 4 is 5.71 Å². The number of ether oxygens (including phenoxy) is 1. The van der Waals surface area contributed by atoms with E-state index in [1.165, 1.54) is 18.2 Å². The molecular weight excluding hydrogens is 225 g/mol. The summed E-state index contributed by atoms with van der Waals surface area (Å²) in [7, 11) is 0. The van der Waals surface area contributed by atoms with Crippen LogP contribution in [0.15, 0.2) is 23.4 Å². The van der Waals surface area contributed by atoms with Crippen molar-refractivity contribution in [2.24, 2.45) is 11.1 Å². The molecule has 5 heteroatoms. The van der Waals surface area contributed by atoms with Crippen molar-refractivity contribution in [2.75, 3.05) is 13.2 Å². The lowest BCUT2D eigenvalue weighted by atomic mass is 10.1. The molecule has 0 fully saturated rings. The van der Waals surface area contributed by atoms with Gasteiger partial charge >= 0.3 is 0 Å². The highest BCUT2D eigenvalue weighted by Gasteiger charge is 2.10. The third-order valence-corrected chi connectivity index (χ3v) is 2.32. The normalized spacial score (nSPS) is 13.5. The van der Waals surface area contributed by atoms with E-state index in [1.807, 2.05) is 6.92 Å². The van der Waals surface area contributed by atoms with Gasteiger partial charge in [0, 0.05) is 18.1 Å². The standard InChI is InChI=1S/C12H16FNO3/c1-8(6-15)7-17-12-4-3-10(13)5-11(12)9(2)14-16/h3-5,8,15-16H,6-7H2,1-2H3/b14-9+. The molecule has 0 saturated carbocycles. The van der Waals surface area contributed by atoms with E-state index >= 15 is 0 Å². The Morgan fingerprint density at radius 1 is 1.53 bits per heavy atom. The average molecular weight is 241 g/mol. The fourth-order valence-electron chi connectivity index (χ4n) is 1.25. The van der Waals surface area contributed by atoms with Crippen molar-refractivity contribution in [3.63, 3.8) is 0 Å². The molecule has 1 rings (SSSR count). The Balaban J connectivity index is 2.91. The highest BCUT2D eigenvalue weighted by Crippen LogP contribution is 2.21. The van der Waals surface area contributed by atoms with Crippen LogP contribution in [0.5, 0.6) is 5.75 Å². The number of hydrogen-bond donors (Lipinski definition) is 2. The molecule has 17 heavy (non-hydrogen) atoms. The fraction of sp³-hybridized carbons (Fsp3) is 0.417. The van der Waals surface area contributed by atoms with Crippen molar-refractivity contribution in [3.05, 3.63) is 29.6 Å². The van der Waals surface area contributed by atoms with Gasteiger partial charge < -0.3 is 15.1 Å². The van der Waals surface area contributed by atoms with E-state index in [1.54, 1.807) is 6.92 Å². The molecule has 4 nitrogen and oxygen atoms in total. The molecule has 0 heterocycles. The van der Waals surface area contributed by atoms with Crippen molar-refractivity contribution < 1.29 is 19.4 Å². The average Bonchev–Trinajstić information content (AvgIpc) is 2.35. The van der Waals surface area contributed by atoms with E-state index in [0.717, 1.165) is 0 Å². The van der Waals surface area contributed by atoms with Crippen molar-refractivity contribution in [2.45, 2.75) is 13.8 Å². The lowest BCUT2D eigenvalue weighted by Gasteiger charge is -2.13. The summed E-state index contributed by atoms with van der Waals surface area (Å²) in [6, 6.07) is 3.99. The Labute approximate surface area is 99.3 Å². The van der Waals surface area contributed by atoms with Gasteiger partial charge in [0.15, 0.2) is 0 Å². The second-order valence-corrected chi connectivity index (χ2v) is 3.92. The minimum Gasteiger partial charge on any atom is -0.493 e. The summed E-state index contributed by atoms with van der Waals surface area (Å²) in [5.41, 5.74) is 0.675. The van der Waals surface area contributed by atoms with Crippen LogP contribution in [0, 0.1) is 11.7 Å². The van der Waals surface area contributed by atoms with E-state index in [-0.39, 0.29) is 18.2 Å². The Morgan fingerprint density at radius 2 is 2.24 bits per heavy atom. The molecule has 0 radical (unpaired) electrons. The summed E-state index contributed by atoms with van der Waals surface area (Å²) in [5, 5.41) is 20.6. The zero-order valence-electron chi connectivity index (χ0n) is 9.85. The van der Waals surface area contributed by atoms with Crippen LogP contribution in [0.4, 0.5) is 4.39 Å². The topological polar surface area (TPSA) is 62.1 Å². The zero-order chi connectivity index (χ0) is 12.8. The molecule has 0 spiro atoms. The molecule has 2 N–H and O–H groups in total. The molecule has 0 aliphatic heterocycles. The molecule has 0 aliphatic carbocycles. The lowest BCUT2D eigenvalue weighted by molar-refractivity contribution is 0.174. The van der Waals surface area contributed by atoms with E-state index in [9.17, 15) is 4.39 Å². The highest BCUT2D eigenvalue weighted by atomic mass is 19.1. The number of rotatable bonds is 5. The predicted molar refractivity (Wildman–Crippen MR) is 62.1 cm³/mol. The predicted octanol–water partition coefficient (Wildman–Crippen LogP) is 2.03. The Bertz CT molecular complexity index is 407. The second-order valence-electron chi connectivity index (χ2n) is 3.92. The number of hydrogen-bond acceptors (Lipinski definition) is 4. The summed E-state index contributed by atoms with van der Waals surface area (Å²) in [6.45, 7) is 3.71. The molecule has 0 saturated heterocycles. The summed E-state index contributed by atoms with van der Waals surface area (Å²) >= 11 is 0. The Morgan fingerprint density at radius 3 is 2.82 bits per heavy atom. The maximum Gasteiger partial charge on any atom is 0.128 e. The number of benzene rings is 1. The van der Waals surface area contributed by atoms with Crippen LogP contribution in [-0.4, -0.2) is 29.2 Å². The van der Waals surface area contributed by atoms with Gasteiger partial charge in [0.25, 0.3) is 0 Å². The summed E-state index contributed by atoms with van der Waals surface area (Å²) < 4.78 is 18.5. The first kappa shape index (κ1) is 13.4. The fourth-order valence-corrected chi connectivity index (χ4v) is 1.25. The largest absolute Gasteiger partial charge is 0.493 e. The van der Waals surface area contributed by atoms with Crippen LogP contribution in [0.2, 0.25) is 0 Å². The molecule has 1 aromatic carbocycles. The molecule has 0 aliphatic rings. The van der Waals surface area contributed by atoms with Gasteiger partial charge in [-0.25, -0.2) is 4.39 Å². The van der Waals surface area contributed by atoms with Gasteiger partial charge in [-0.2, -0.15) is 0 Å². The molecular formula is C12H16FNO3. The van der Waals surface area contributed by atoms with Gasteiger partial charge in [-0.05, 0) is 25.1 Å². The van der Waals surface area contributed by atoms with Crippen LogP contribution in [0.1, 0.15) is 19.4 Å². The minimum absolute atomic E-state index is 0.0146. The van der Waals surface area contributed by atoms with E-state index in [0.29, 0.717) is 17.9 Å². The first-order valence-corrected chi connectivity index (χ1v) is 5.30. The molecule has 1 atom stereocenters.